The van der Waals surface area contributed by atoms with E-state index in [1.54, 1.807) is 11.3 Å². The lowest BCUT2D eigenvalue weighted by molar-refractivity contribution is -0.137. The standard InChI is InChI=1S/C21H23F3N4OS2/c1-4-10-28-19(15-11-30-13(3)14(15)5-2)26-27-20(28)31-12-18(29)25-17-9-7-6-8-16(17)21(22,23)24/h6-9,11H,4-5,10,12H2,1-3H3,(H,25,29). The van der Waals surface area contributed by atoms with Crippen LogP contribution >= 0.6 is 23.1 Å². The molecule has 5 nitrogen and oxygen atoms in total. The second kappa shape index (κ2) is 9.86. The van der Waals surface area contributed by atoms with E-state index in [-0.39, 0.29) is 11.4 Å². The molecule has 0 fully saturated rings. The van der Waals surface area contributed by atoms with Crippen molar-refractivity contribution in [1.29, 1.82) is 0 Å². The molecule has 31 heavy (non-hydrogen) atoms. The van der Waals surface area contributed by atoms with Gasteiger partial charge < -0.3 is 9.88 Å². The number of thioether (sulfide) groups is 1. The number of hydrogen-bond donors (Lipinski definition) is 1. The van der Waals surface area contributed by atoms with Gasteiger partial charge in [0.2, 0.25) is 5.91 Å². The van der Waals surface area contributed by atoms with Gasteiger partial charge in [0.05, 0.1) is 17.0 Å². The van der Waals surface area contributed by atoms with Crippen LogP contribution in [0.5, 0.6) is 0 Å². The van der Waals surface area contributed by atoms with Gasteiger partial charge in [0, 0.05) is 22.4 Å². The molecule has 2 heterocycles. The molecule has 0 aliphatic carbocycles. The Morgan fingerprint density at radius 1 is 1.23 bits per heavy atom. The average Bonchev–Trinajstić information content (AvgIpc) is 3.29. The number of halogens is 3. The van der Waals surface area contributed by atoms with E-state index < -0.39 is 17.6 Å². The van der Waals surface area contributed by atoms with Crippen molar-refractivity contribution >= 4 is 34.7 Å². The number of para-hydroxylation sites is 1. The van der Waals surface area contributed by atoms with Gasteiger partial charge in [0.25, 0.3) is 0 Å². The topological polar surface area (TPSA) is 59.8 Å². The zero-order chi connectivity index (χ0) is 22.6. The van der Waals surface area contributed by atoms with Gasteiger partial charge in [-0.05, 0) is 37.5 Å². The lowest BCUT2D eigenvalue weighted by Gasteiger charge is -2.13. The number of rotatable bonds is 8. The maximum absolute atomic E-state index is 13.1. The summed E-state index contributed by atoms with van der Waals surface area (Å²) in [5.41, 5.74) is 1.15. The Balaban J connectivity index is 1.77. The van der Waals surface area contributed by atoms with E-state index in [0.717, 1.165) is 42.1 Å². The number of anilines is 1. The number of carbonyl (C=O) groups is 1. The highest BCUT2D eigenvalue weighted by Crippen LogP contribution is 2.35. The lowest BCUT2D eigenvalue weighted by Crippen LogP contribution is -2.18. The summed E-state index contributed by atoms with van der Waals surface area (Å²) in [4.78, 5) is 13.6. The number of nitrogens with zero attached hydrogens (tertiary/aromatic N) is 3. The summed E-state index contributed by atoms with van der Waals surface area (Å²) in [6.07, 6.45) is -2.80. The number of thiophene rings is 1. The van der Waals surface area contributed by atoms with Crippen LogP contribution in [0.3, 0.4) is 0 Å². The SMILES string of the molecule is CCCn1c(SCC(=O)Nc2ccccc2C(F)(F)F)nnc1-c1csc(C)c1CC. The minimum absolute atomic E-state index is 0.0721. The van der Waals surface area contributed by atoms with E-state index in [0.29, 0.717) is 11.7 Å². The van der Waals surface area contributed by atoms with Crippen molar-refractivity contribution in [3.63, 3.8) is 0 Å². The van der Waals surface area contributed by atoms with Gasteiger partial charge in [-0.3, -0.25) is 4.79 Å². The zero-order valence-corrected chi connectivity index (χ0v) is 19.0. The molecule has 166 valence electrons. The molecule has 1 N–H and O–H groups in total. The Morgan fingerprint density at radius 3 is 2.65 bits per heavy atom. The van der Waals surface area contributed by atoms with Gasteiger partial charge in [-0.1, -0.05) is 37.7 Å². The van der Waals surface area contributed by atoms with Crippen molar-refractivity contribution in [2.24, 2.45) is 0 Å². The molecule has 10 heteroatoms. The predicted octanol–water partition coefficient (Wildman–Crippen LogP) is 6.04. The Kier molecular flexibility index (Phi) is 7.42. The smallest absolute Gasteiger partial charge is 0.325 e. The van der Waals surface area contributed by atoms with Gasteiger partial charge in [-0.15, -0.1) is 21.5 Å². The lowest BCUT2D eigenvalue weighted by atomic mass is 10.1. The Morgan fingerprint density at radius 2 is 1.97 bits per heavy atom. The Hall–Kier alpha value is -2.33. The number of aryl methyl sites for hydroxylation is 1. The van der Waals surface area contributed by atoms with Crippen molar-refractivity contribution in [2.45, 2.75) is 51.5 Å². The maximum atomic E-state index is 13.1. The summed E-state index contributed by atoms with van der Waals surface area (Å²) in [5.74, 6) is 0.153. The summed E-state index contributed by atoms with van der Waals surface area (Å²) in [6, 6.07) is 4.93. The summed E-state index contributed by atoms with van der Waals surface area (Å²) in [5, 5.41) is 13.6. The van der Waals surface area contributed by atoms with Crippen molar-refractivity contribution in [2.75, 3.05) is 11.1 Å². The first-order chi connectivity index (χ1) is 14.8. The van der Waals surface area contributed by atoms with Crippen LogP contribution in [0.25, 0.3) is 11.4 Å². The molecule has 2 aromatic heterocycles. The monoisotopic (exact) mass is 468 g/mol. The molecule has 1 amide bonds. The molecular formula is C21H23F3N4OS2. The minimum atomic E-state index is -4.54. The highest BCUT2D eigenvalue weighted by molar-refractivity contribution is 7.99. The molecule has 0 aliphatic rings. The number of nitrogens with one attached hydrogen (secondary N) is 1. The number of benzene rings is 1. The van der Waals surface area contributed by atoms with Gasteiger partial charge in [0.1, 0.15) is 0 Å². The molecule has 0 spiro atoms. The first-order valence-corrected chi connectivity index (χ1v) is 11.7. The van der Waals surface area contributed by atoms with Gasteiger partial charge in [-0.2, -0.15) is 13.2 Å². The second-order valence-electron chi connectivity index (χ2n) is 6.88. The van der Waals surface area contributed by atoms with Crippen LogP contribution in [0.2, 0.25) is 0 Å². The van der Waals surface area contributed by atoms with Crippen LogP contribution in [-0.4, -0.2) is 26.4 Å². The fraction of sp³-hybridized carbons (Fsp3) is 0.381. The maximum Gasteiger partial charge on any atom is 0.418 e. The zero-order valence-electron chi connectivity index (χ0n) is 17.4. The second-order valence-corrected chi connectivity index (χ2v) is 8.90. The summed E-state index contributed by atoms with van der Waals surface area (Å²) in [7, 11) is 0. The van der Waals surface area contributed by atoms with E-state index in [4.69, 9.17) is 0 Å². The molecule has 0 aliphatic heterocycles. The number of hydrogen-bond acceptors (Lipinski definition) is 5. The van der Waals surface area contributed by atoms with Gasteiger partial charge >= 0.3 is 6.18 Å². The van der Waals surface area contributed by atoms with Crippen LogP contribution in [0.15, 0.2) is 34.8 Å². The molecule has 3 aromatic rings. The van der Waals surface area contributed by atoms with E-state index in [9.17, 15) is 18.0 Å². The third-order valence-electron chi connectivity index (χ3n) is 4.70. The highest BCUT2D eigenvalue weighted by atomic mass is 32.2. The van der Waals surface area contributed by atoms with Gasteiger partial charge in [-0.25, -0.2) is 0 Å². The van der Waals surface area contributed by atoms with Crippen LogP contribution in [0.1, 0.15) is 36.3 Å². The summed E-state index contributed by atoms with van der Waals surface area (Å²) < 4.78 is 41.4. The molecule has 1 aromatic carbocycles. The fourth-order valence-electron chi connectivity index (χ4n) is 3.28. The molecule has 3 rings (SSSR count). The van der Waals surface area contributed by atoms with Crippen molar-refractivity contribution in [3.05, 3.63) is 45.6 Å². The summed E-state index contributed by atoms with van der Waals surface area (Å²) >= 11 is 2.83. The van der Waals surface area contributed by atoms with Crippen LogP contribution in [-0.2, 0) is 23.9 Å². The van der Waals surface area contributed by atoms with Crippen molar-refractivity contribution in [3.8, 4) is 11.4 Å². The number of amides is 1. The van der Waals surface area contributed by atoms with Gasteiger partial charge in [0.15, 0.2) is 11.0 Å². The minimum Gasteiger partial charge on any atom is -0.325 e. The van der Waals surface area contributed by atoms with Crippen LogP contribution < -0.4 is 5.32 Å². The van der Waals surface area contributed by atoms with Crippen LogP contribution in [0.4, 0.5) is 18.9 Å². The van der Waals surface area contributed by atoms with E-state index in [2.05, 4.69) is 34.7 Å². The fourth-order valence-corrected chi connectivity index (χ4v) is 4.99. The molecule has 0 atom stereocenters. The third kappa shape index (κ3) is 5.30. The van der Waals surface area contributed by atoms with E-state index >= 15 is 0 Å². The van der Waals surface area contributed by atoms with Crippen molar-refractivity contribution in [1.82, 2.24) is 14.8 Å². The first kappa shape index (κ1) is 23.3. The third-order valence-corrected chi connectivity index (χ3v) is 6.62. The Bertz CT molecular complexity index is 1060. The predicted molar refractivity (Wildman–Crippen MR) is 119 cm³/mol. The Labute approximate surface area is 187 Å². The quantitative estimate of drug-likeness (QED) is 0.410. The molecular weight excluding hydrogens is 445 g/mol. The number of aromatic nitrogens is 3. The van der Waals surface area contributed by atoms with Crippen LogP contribution in [0, 0.1) is 6.92 Å². The molecule has 0 bridgehead atoms. The first-order valence-electron chi connectivity index (χ1n) is 9.85. The number of alkyl halides is 3. The van der Waals surface area contributed by atoms with Crippen molar-refractivity contribution < 1.29 is 18.0 Å². The van der Waals surface area contributed by atoms with E-state index in [1.165, 1.54) is 28.6 Å². The number of carbonyl (C=O) groups excluding carboxylic acids is 1. The summed E-state index contributed by atoms with van der Waals surface area (Å²) in [6.45, 7) is 6.89. The normalized spacial score (nSPS) is 11.7. The molecule has 0 unspecified atom stereocenters. The molecule has 0 saturated heterocycles. The largest absolute Gasteiger partial charge is 0.418 e. The molecule has 0 radical (unpaired) electrons. The molecule has 0 saturated carbocycles. The average molecular weight is 469 g/mol. The van der Waals surface area contributed by atoms with E-state index in [1.807, 2.05) is 11.5 Å². The highest BCUT2D eigenvalue weighted by Gasteiger charge is 2.33.